The van der Waals surface area contributed by atoms with Crippen molar-refractivity contribution in [1.82, 2.24) is 0 Å². The molecule has 0 aliphatic carbocycles. The van der Waals surface area contributed by atoms with Crippen molar-refractivity contribution in [3.8, 4) is 5.75 Å². The molecule has 0 bridgehead atoms. The van der Waals surface area contributed by atoms with E-state index in [-0.39, 0.29) is 0 Å². The van der Waals surface area contributed by atoms with Gasteiger partial charge in [0.25, 0.3) is 0 Å². The summed E-state index contributed by atoms with van der Waals surface area (Å²) in [6.07, 6.45) is 7.44. The van der Waals surface area contributed by atoms with Crippen LogP contribution in [0.2, 0.25) is 0 Å². The SMILES string of the molecule is CCCCc1cccc(O[SiH3])c1CCCC. The largest absolute Gasteiger partial charge is 0.553 e. The van der Waals surface area contributed by atoms with Gasteiger partial charge in [0.15, 0.2) is 0 Å². The summed E-state index contributed by atoms with van der Waals surface area (Å²) in [6, 6.07) is 6.52. The fourth-order valence-electron chi connectivity index (χ4n) is 2.04. The maximum absolute atomic E-state index is 5.60. The molecule has 90 valence electrons. The highest BCUT2D eigenvalue weighted by molar-refractivity contribution is 6.00. The molecule has 0 aliphatic rings. The average Bonchev–Trinajstić information content (AvgIpc) is 2.33. The van der Waals surface area contributed by atoms with E-state index in [0.29, 0.717) is 0 Å². The van der Waals surface area contributed by atoms with Crippen molar-refractivity contribution in [2.24, 2.45) is 0 Å². The predicted octanol–water partition coefficient (Wildman–Crippen LogP) is 3.03. The highest BCUT2D eigenvalue weighted by atomic mass is 28.2. The Bertz CT molecular complexity index is 310. The molecule has 1 aromatic rings. The molecule has 16 heavy (non-hydrogen) atoms. The minimum atomic E-state index is 0.787. The first kappa shape index (κ1) is 13.3. The Labute approximate surface area is 103 Å². The van der Waals surface area contributed by atoms with Crippen molar-refractivity contribution in [3.63, 3.8) is 0 Å². The van der Waals surface area contributed by atoms with Gasteiger partial charge < -0.3 is 4.43 Å². The summed E-state index contributed by atoms with van der Waals surface area (Å²) in [7, 11) is 0.787. The van der Waals surface area contributed by atoms with E-state index in [0.717, 1.165) is 16.2 Å². The number of hydrogen-bond donors (Lipinski definition) is 0. The Balaban J connectivity index is 2.86. The molecule has 0 unspecified atom stereocenters. The second-order valence-electron chi connectivity index (χ2n) is 4.31. The molecule has 0 heterocycles. The van der Waals surface area contributed by atoms with Crippen LogP contribution in [-0.4, -0.2) is 10.5 Å². The van der Waals surface area contributed by atoms with E-state index in [1.54, 1.807) is 0 Å². The van der Waals surface area contributed by atoms with Gasteiger partial charge in [-0.15, -0.1) is 0 Å². The third kappa shape index (κ3) is 3.67. The van der Waals surface area contributed by atoms with Crippen LogP contribution in [0.1, 0.15) is 50.7 Å². The first-order chi connectivity index (χ1) is 7.83. The summed E-state index contributed by atoms with van der Waals surface area (Å²) in [4.78, 5) is 0. The summed E-state index contributed by atoms with van der Waals surface area (Å²) in [6.45, 7) is 4.49. The van der Waals surface area contributed by atoms with Crippen LogP contribution < -0.4 is 4.43 Å². The van der Waals surface area contributed by atoms with E-state index in [1.165, 1.54) is 49.7 Å². The molecule has 0 fully saturated rings. The van der Waals surface area contributed by atoms with Gasteiger partial charge in [-0.1, -0.05) is 38.8 Å². The summed E-state index contributed by atoms with van der Waals surface area (Å²) >= 11 is 0. The zero-order valence-electron chi connectivity index (χ0n) is 10.9. The van der Waals surface area contributed by atoms with Gasteiger partial charge in [-0.3, -0.25) is 0 Å². The molecule has 0 saturated heterocycles. The highest BCUT2D eigenvalue weighted by Gasteiger charge is 2.07. The number of benzene rings is 1. The van der Waals surface area contributed by atoms with Crippen molar-refractivity contribution in [1.29, 1.82) is 0 Å². The van der Waals surface area contributed by atoms with Gasteiger partial charge in [-0.05, 0) is 42.9 Å². The van der Waals surface area contributed by atoms with Crippen molar-refractivity contribution in [2.75, 3.05) is 0 Å². The molecule has 2 heteroatoms. The summed E-state index contributed by atoms with van der Waals surface area (Å²) in [5.74, 6) is 1.13. The van der Waals surface area contributed by atoms with E-state index >= 15 is 0 Å². The van der Waals surface area contributed by atoms with Crippen molar-refractivity contribution >= 4 is 10.5 Å². The summed E-state index contributed by atoms with van der Waals surface area (Å²) < 4.78 is 5.60. The molecular weight excluding hydrogens is 212 g/mol. The lowest BCUT2D eigenvalue weighted by atomic mass is 9.97. The van der Waals surface area contributed by atoms with Gasteiger partial charge >= 0.3 is 0 Å². The molecule has 0 N–H and O–H groups in total. The van der Waals surface area contributed by atoms with Crippen molar-refractivity contribution < 1.29 is 4.43 Å². The van der Waals surface area contributed by atoms with Crippen LogP contribution in [0.3, 0.4) is 0 Å². The van der Waals surface area contributed by atoms with Gasteiger partial charge in [0, 0.05) is 0 Å². The van der Waals surface area contributed by atoms with Crippen LogP contribution in [0.5, 0.6) is 5.75 Å². The van der Waals surface area contributed by atoms with Crippen LogP contribution in [0, 0.1) is 0 Å². The first-order valence-corrected chi connectivity index (χ1v) is 7.29. The fourth-order valence-corrected chi connectivity index (χ4v) is 2.42. The van der Waals surface area contributed by atoms with Crippen LogP contribution in [0.4, 0.5) is 0 Å². The Morgan fingerprint density at radius 2 is 1.75 bits per heavy atom. The van der Waals surface area contributed by atoms with E-state index in [9.17, 15) is 0 Å². The van der Waals surface area contributed by atoms with Crippen molar-refractivity contribution in [3.05, 3.63) is 29.3 Å². The van der Waals surface area contributed by atoms with E-state index in [4.69, 9.17) is 4.43 Å². The number of rotatable bonds is 7. The Morgan fingerprint density at radius 1 is 1.06 bits per heavy atom. The molecular formula is C14H24OSi. The van der Waals surface area contributed by atoms with Crippen LogP contribution >= 0.6 is 0 Å². The first-order valence-electron chi connectivity index (χ1n) is 6.48. The highest BCUT2D eigenvalue weighted by Crippen LogP contribution is 2.25. The molecule has 0 spiro atoms. The third-order valence-electron chi connectivity index (χ3n) is 3.03. The van der Waals surface area contributed by atoms with E-state index in [1.807, 2.05) is 0 Å². The molecule has 0 aromatic heterocycles. The number of aryl methyl sites for hydroxylation is 1. The van der Waals surface area contributed by atoms with Gasteiger partial charge in [0.05, 0.1) is 0 Å². The minimum absolute atomic E-state index is 0.787. The smallest absolute Gasteiger partial charge is 0.204 e. The molecule has 0 amide bonds. The molecule has 1 rings (SSSR count). The maximum Gasteiger partial charge on any atom is 0.204 e. The molecule has 0 saturated carbocycles. The normalized spacial score (nSPS) is 10.6. The number of unbranched alkanes of at least 4 members (excludes halogenated alkanes) is 2. The van der Waals surface area contributed by atoms with Gasteiger partial charge in [0.2, 0.25) is 10.5 Å². The molecule has 1 nitrogen and oxygen atoms in total. The fraction of sp³-hybridized carbons (Fsp3) is 0.571. The monoisotopic (exact) mass is 236 g/mol. The van der Waals surface area contributed by atoms with Crippen LogP contribution in [-0.2, 0) is 12.8 Å². The second kappa shape index (κ2) is 7.50. The van der Waals surface area contributed by atoms with E-state index in [2.05, 4.69) is 32.0 Å². The molecule has 1 aromatic carbocycles. The summed E-state index contributed by atoms with van der Waals surface area (Å²) in [5, 5.41) is 0. The zero-order chi connectivity index (χ0) is 11.8. The van der Waals surface area contributed by atoms with Crippen molar-refractivity contribution in [2.45, 2.75) is 52.4 Å². The molecule has 0 aliphatic heterocycles. The molecule has 0 radical (unpaired) electrons. The lowest BCUT2D eigenvalue weighted by Crippen LogP contribution is -1.99. The Morgan fingerprint density at radius 3 is 2.38 bits per heavy atom. The predicted molar refractivity (Wildman–Crippen MR) is 74.2 cm³/mol. The standard InChI is InChI=1S/C14H24OSi/c1-3-5-8-12-9-7-11-14(15-16)13(12)10-6-4-2/h7,9,11H,3-6,8,10H2,1-2,16H3. The van der Waals surface area contributed by atoms with Crippen LogP contribution in [0.25, 0.3) is 0 Å². The summed E-state index contributed by atoms with van der Waals surface area (Å²) in [5.41, 5.74) is 2.97. The number of hydrogen-bond acceptors (Lipinski definition) is 1. The lowest BCUT2D eigenvalue weighted by molar-refractivity contribution is 0.596. The van der Waals surface area contributed by atoms with Gasteiger partial charge in [0.1, 0.15) is 5.75 Å². The topological polar surface area (TPSA) is 9.23 Å². The maximum atomic E-state index is 5.60. The zero-order valence-corrected chi connectivity index (χ0v) is 12.9. The quantitative estimate of drug-likeness (QED) is 0.661. The minimum Gasteiger partial charge on any atom is -0.553 e. The van der Waals surface area contributed by atoms with Crippen LogP contribution in [0.15, 0.2) is 18.2 Å². The average molecular weight is 236 g/mol. The van der Waals surface area contributed by atoms with Gasteiger partial charge in [-0.2, -0.15) is 0 Å². The molecule has 0 atom stereocenters. The lowest BCUT2D eigenvalue weighted by Gasteiger charge is -2.14. The third-order valence-corrected chi connectivity index (χ3v) is 3.47. The van der Waals surface area contributed by atoms with Gasteiger partial charge in [-0.25, -0.2) is 0 Å². The second-order valence-corrected chi connectivity index (χ2v) is 4.71. The van der Waals surface area contributed by atoms with E-state index < -0.39 is 0 Å². The Kier molecular flexibility index (Phi) is 6.24. The Hall–Kier alpha value is -0.763.